The highest BCUT2D eigenvalue weighted by Gasteiger charge is 2.05. The van der Waals surface area contributed by atoms with E-state index in [0.29, 0.717) is 39.0 Å². The molecule has 0 bridgehead atoms. The molecule has 1 aromatic carbocycles. The van der Waals surface area contributed by atoms with Gasteiger partial charge in [-0.25, -0.2) is 0 Å². The molecule has 0 aromatic heterocycles. The zero-order valence-corrected chi connectivity index (χ0v) is 11.5. The molecule has 0 spiro atoms. The van der Waals surface area contributed by atoms with Crippen LogP contribution in [0.4, 0.5) is 0 Å². The monoisotopic (exact) mass is 278 g/mol. The largest absolute Gasteiger partial charge is 0.355 e. The van der Waals surface area contributed by atoms with E-state index in [2.05, 4.69) is 10.6 Å². The lowest BCUT2D eigenvalue weighted by Crippen LogP contribution is -2.30. The molecule has 0 aliphatic rings. The minimum Gasteiger partial charge on any atom is -0.355 e. The number of rotatable bonds is 8. The van der Waals surface area contributed by atoms with Crippen molar-refractivity contribution in [2.24, 2.45) is 11.5 Å². The van der Waals surface area contributed by atoms with Gasteiger partial charge >= 0.3 is 0 Å². The molecule has 1 rings (SSSR count). The summed E-state index contributed by atoms with van der Waals surface area (Å²) in [7, 11) is 0. The van der Waals surface area contributed by atoms with E-state index in [1.54, 1.807) is 0 Å². The summed E-state index contributed by atoms with van der Waals surface area (Å²) in [6.45, 7) is 1.83. The minimum absolute atomic E-state index is 0.0520. The second kappa shape index (κ2) is 9.06. The molecule has 0 aliphatic carbocycles. The molecule has 6 N–H and O–H groups in total. The number of carbonyl (C=O) groups is 2. The average Bonchev–Trinajstić information content (AvgIpc) is 2.45. The van der Waals surface area contributed by atoms with Gasteiger partial charge < -0.3 is 22.1 Å². The van der Waals surface area contributed by atoms with Crippen LogP contribution >= 0.6 is 0 Å². The summed E-state index contributed by atoms with van der Waals surface area (Å²) in [6.07, 6.45) is 0.638. The fourth-order valence-corrected chi connectivity index (χ4v) is 1.69. The first-order valence-corrected chi connectivity index (χ1v) is 6.67. The van der Waals surface area contributed by atoms with Crippen molar-refractivity contribution in [3.63, 3.8) is 0 Å². The Bertz CT molecular complexity index is 390. The number of carbonyl (C=O) groups excluding carboxylic acids is 2. The van der Waals surface area contributed by atoms with Gasteiger partial charge in [-0.3, -0.25) is 9.59 Å². The van der Waals surface area contributed by atoms with Crippen molar-refractivity contribution in [2.45, 2.75) is 12.8 Å². The van der Waals surface area contributed by atoms with Crippen molar-refractivity contribution < 1.29 is 9.59 Å². The highest BCUT2D eigenvalue weighted by molar-refractivity contribution is 5.79. The maximum atomic E-state index is 11.5. The average molecular weight is 278 g/mol. The third-order valence-corrected chi connectivity index (χ3v) is 2.69. The zero-order valence-electron chi connectivity index (χ0n) is 11.5. The fourth-order valence-electron chi connectivity index (χ4n) is 1.69. The summed E-state index contributed by atoms with van der Waals surface area (Å²) < 4.78 is 0. The maximum absolute atomic E-state index is 11.5. The van der Waals surface area contributed by atoms with E-state index in [0.717, 1.165) is 11.1 Å². The molecule has 0 fully saturated rings. The Hall–Kier alpha value is -1.92. The van der Waals surface area contributed by atoms with Gasteiger partial charge in [-0.05, 0) is 11.1 Å². The third-order valence-electron chi connectivity index (χ3n) is 2.69. The number of nitrogens with one attached hydrogen (secondary N) is 2. The zero-order chi connectivity index (χ0) is 14.8. The van der Waals surface area contributed by atoms with Crippen LogP contribution in [-0.4, -0.2) is 38.0 Å². The number of hydrogen-bond donors (Lipinski definition) is 4. The van der Waals surface area contributed by atoms with Crippen molar-refractivity contribution in [3.8, 4) is 0 Å². The Morgan fingerprint density at radius 3 is 1.45 bits per heavy atom. The number of hydrogen-bond acceptors (Lipinski definition) is 4. The quantitative estimate of drug-likeness (QED) is 0.485. The minimum atomic E-state index is -0.0520. The van der Waals surface area contributed by atoms with Crippen LogP contribution in [0.3, 0.4) is 0 Å². The van der Waals surface area contributed by atoms with Gasteiger partial charge in [0.2, 0.25) is 11.8 Å². The molecule has 0 radical (unpaired) electrons. The standard InChI is InChI=1S/C14H22N4O2/c15-5-7-17-13(19)9-11-1-2-12(4-3-11)10-14(20)18-8-6-16/h1-4H,5-10,15-16H2,(H,17,19)(H,18,20). The van der Waals surface area contributed by atoms with E-state index >= 15 is 0 Å². The van der Waals surface area contributed by atoms with E-state index in [1.165, 1.54) is 0 Å². The van der Waals surface area contributed by atoms with Crippen LogP contribution in [0.15, 0.2) is 24.3 Å². The summed E-state index contributed by atoms with van der Waals surface area (Å²) in [5.41, 5.74) is 12.4. The smallest absolute Gasteiger partial charge is 0.224 e. The number of amides is 2. The maximum Gasteiger partial charge on any atom is 0.224 e. The Kier molecular flexibility index (Phi) is 7.31. The fraction of sp³-hybridized carbons (Fsp3) is 0.429. The Balaban J connectivity index is 2.43. The molecule has 20 heavy (non-hydrogen) atoms. The molecule has 0 saturated carbocycles. The Labute approximate surface area is 118 Å². The highest BCUT2D eigenvalue weighted by atomic mass is 16.2. The van der Waals surface area contributed by atoms with Crippen LogP contribution < -0.4 is 22.1 Å². The van der Waals surface area contributed by atoms with Gasteiger partial charge in [0.25, 0.3) is 0 Å². The van der Waals surface area contributed by atoms with Gasteiger partial charge in [0, 0.05) is 26.2 Å². The summed E-state index contributed by atoms with van der Waals surface area (Å²) >= 11 is 0. The topological polar surface area (TPSA) is 110 Å². The summed E-state index contributed by atoms with van der Waals surface area (Å²) in [6, 6.07) is 7.42. The van der Waals surface area contributed by atoms with Gasteiger partial charge in [-0.15, -0.1) is 0 Å². The van der Waals surface area contributed by atoms with Crippen molar-refractivity contribution in [3.05, 3.63) is 35.4 Å². The molecule has 0 heterocycles. The first kappa shape index (κ1) is 16.1. The second-order valence-electron chi connectivity index (χ2n) is 4.45. The Morgan fingerprint density at radius 2 is 1.15 bits per heavy atom. The highest BCUT2D eigenvalue weighted by Crippen LogP contribution is 2.06. The van der Waals surface area contributed by atoms with Crippen LogP contribution in [0.1, 0.15) is 11.1 Å². The van der Waals surface area contributed by atoms with Gasteiger partial charge in [0.1, 0.15) is 0 Å². The molecule has 1 aromatic rings. The van der Waals surface area contributed by atoms with E-state index < -0.39 is 0 Å². The molecule has 6 heteroatoms. The molecule has 0 unspecified atom stereocenters. The van der Waals surface area contributed by atoms with Crippen molar-refractivity contribution in [2.75, 3.05) is 26.2 Å². The van der Waals surface area contributed by atoms with Crippen LogP contribution in [0, 0.1) is 0 Å². The molecule has 0 atom stereocenters. The molecule has 6 nitrogen and oxygen atoms in total. The van der Waals surface area contributed by atoms with E-state index in [-0.39, 0.29) is 11.8 Å². The predicted molar refractivity (Wildman–Crippen MR) is 78.0 cm³/mol. The van der Waals surface area contributed by atoms with Crippen LogP contribution in [-0.2, 0) is 22.4 Å². The van der Waals surface area contributed by atoms with Crippen molar-refractivity contribution >= 4 is 11.8 Å². The lowest BCUT2D eigenvalue weighted by molar-refractivity contribution is -0.121. The first-order valence-electron chi connectivity index (χ1n) is 6.67. The van der Waals surface area contributed by atoms with E-state index in [1.807, 2.05) is 24.3 Å². The molecule has 0 saturated heterocycles. The van der Waals surface area contributed by atoms with E-state index in [4.69, 9.17) is 11.5 Å². The van der Waals surface area contributed by atoms with Gasteiger partial charge in [0.05, 0.1) is 12.8 Å². The van der Waals surface area contributed by atoms with Crippen LogP contribution in [0.2, 0.25) is 0 Å². The molecule has 2 amide bonds. The summed E-state index contributed by atoms with van der Waals surface area (Å²) in [5.74, 6) is -0.104. The lowest BCUT2D eigenvalue weighted by atomic mass is 10.1. The normalized spacial score (nSPS) is 10.1. The second-order valence-corrected chi connectivity index (χ2v) is 4.45. The molecule has 110 valence electrons. The number of nitrogens with two attached hydrogens (primary N) is 2. The third kappa shape index (κ3) is 6.31. The van der Waals surface area contributed by atoms with E-state index in [9.17, 15) is 9.59 Å². The molecular formula is C14H22N4O2. The number of benzene rings is 1. The predicted octanol–water partition coefficient (Wildman–Crippen LogP) is -1.08. The molecule has 0 aliphatic heterocycles. The first-order chi connectivity index (χ1) is 9.65. The van der Waals surface area contributed by atoms with Crippen LogP contribution in [0.5, 0.6) is 0 Å². The Morgan fingerprint density at radius 1 is 0.800 bits per heavy atom. The van der Waals surface area contributed by atoms with Gasteiger partial charge in [0.15, 0.2) is 0 Å². The van der Waals surface area contributed by atoms with Gasteiger partial charge in [-0.1, -0.05) is 24.3 Å². The lowest BCUT2D eigenvalue weighted by Gasteiger charge is -2.06. The molecular weight excluding hydrogens is 256 g/mol. The van der Waals surface area contributed by atoms with Crippen LogP contribution in [0.25, 0.3) is 0 Å². The SMILES string of the molecule is NCCNC(=O)Cc1ccc(CC(=O)NCCN)cc1. The van der Waals surface area contributed by atoms with Crippen molar-refractivity contribution in [1.82, 2.24) is 10.6 Å². The summed E-state index contributed by atoms with van der Waals surface area (Å²) in [5, 5.41) is 5.42. The van der Waals surface area contributed by atoms with Crippen molar-refractivity contribution in [1.29, 1.82) is 0 Å². The van der Waals surface area contributed by atoms with Gasteiger partial charge in [-0.2, -0.15) is 0 Å². The summed E-state index contributed by atoms with van der Waals surface area (Å²) in [4.78, 5) is 23.0.